The topological polar surface area (TPSA) is 0 Å². The van der Waals surface area contributed by atoms with Gasteiger partial charge in [-0.25, -0.2) is 0 Å². The van der Waals surface area contributed by atoms with E-state index in [1.807, 2.05) is 0 Å². The summed E-state index contributed by atoms with van der Waals surface area (Å²) in [5.74, 6) is 0.514. The smallest absolute Gasteiger partial charge is 0.0316 e. The Hall–Kier alpha value is 0. The maximum absolute atomic E-state index is 4.18. The molecule has 0 saturated carbocycles. The average molecular weight is 141 g/mol. The number of hydrogen-bond acceptors (Lipinski definition) is 0. The van der Waals surface area contributed by atoms with Crippen molar-refractivity contribution in [3.8, 4) is 0 Å². The van der Waals surface area contributed by atoms with Gasteiger partial charge in [-0.3, -0.25) is 0 Å². The van der Waals surface area contributed by atoms with Crippen LogP contribution in [0.5, 0.6) is 0 Å². The van der Waals surface area contributed by atoms with Gasteiger partial charge in [-0.2, -0.15) is 0 Å². The van der Waals surface area contributed by atoms with Crippen LogP contribution in [0.25, 0.3) is 0 Å². The van der Waals surface area contributed by atoms with Crippen LogP contribution >= 0.6 is 0 Å². The van der Waals surface area contributed by atoms with Gasteiger partial charge in [0.25, 0.3) is 0 Å². The Balaban J connectivity index is 4.23. The van der Waals surface area contributed by atoms with Crippen LogP contribution in [0, 0.1) is 23.7 Å². The van der Waals surface area contributed by atoms with Crippen LogP contribution < -0.4 is 0 Å². The van der Waals surface area contributed by atoms with Gasteiger partial charge in [-0.05, 0) is 23.7 Å². The molecular weight excluding hydrogens is 120 g/mol. The third-order valence-corrected chi connectivity index (χ3v) is 2.09. The molecule has 0 unspecified atom stereocenters. The first kappa shape index (κ1) is 10.0. The van der Waals surface area contributed by atoms with E-state index in [0.29, 0.717) is 16.7 Å². The summed E-state index contributed by atoms with van der Waals surface area (Å²) in [6.45, 7) is 17.7. The predicted octanol–water partition coefficient (Wildman–Crippen LogP) is 3.53. The maximum Gasteiger partial charge on any atom is -0.0316 e. The molecule has 0 atom stereocenters. The summed E-state index contributed by atoms with van der Waals surface area (Å²) in [7, 11) is 0. The van der Waals surface area contributed by atoms with Gasteiger partial charge in [0.05, 0.1) is 0 Å². The lowest BCUT2D eigenvalue weighted by Gasteiger charge is -2.37. The fraction of sp³-hybridized carbons (Fsp3) is 0.900. The normalized spacial score (nSPS) is 14.4. The van der Waals surface area contributed by atoms with E-state index in [0.717, 1.165) is 0 Å². The van der Waals surface area contributed by atoms with Crippen molar-refractivity contribution in [1.82, 2.24) is 0 Å². The van der Waals surface area contributed by atoms with Gasteiger partial charge in [0.15, 0.2) is 0 Å². The maximum atomic E-state index is 4.18. The van der Waals surface area contributed by atoms with E-state index in [1.54, 1.807) is 0 Å². The van der Waals surface area contributed by atoms with Crippen molar-refractivity contribution >= 4 is 0 Å². The molecule has 0 spiro atoms. The van der Waals surface area contributed by atoms with Crippen LogP contribution in [0.4, 0.5) is 0 Å². The van der Waals surface area contributed by atoms with Crippen molar-refractivity contribution < 1.29 is 0 Å². The van der Waals surface area contributed by atoms with Gasteiger partial charge in [-0.1, -0.05) is 41.5 Å². The Morgan fingerprint density at radius 2 is 1.00 bits per heavy atom. The Labute approximate surface area is 66.0 Å². The molecule has 1 radical (unpaired) electrons. The molecule has 0 aromatic rings. The third-order valence-electron chi connectivity index (χ3n) is 2.09. The Kier molecular flexibility index (Phi) is 2.56. The lowest BCUT2D eigenvalue weighted by Crippen LogP contribution is -2.29. The first-order valence-electron chi connectivity index (χ1n) is 3.99. The highest BCUT2D eigenvalue weighted by Gasteiger charge is 2.30. The Morgan fingerprint density at radius 1 is 0.800 bits per heavy atom. The minimum atomic E-state index is 0.332. The first-order chi connectivity index (χ1) is 4.15. The van der Waals surface area contributed by atoms with E-state index >= 15 is 0 Å². The van der Waals surface area contributed by atoms with Gasteiger partial charge >= 0.3 is 0 Å². The minimum absolute atomic E-state index is 0.332. The van der Waals surface area contributed by atoms with Gasteiger partial charge in [0, 0.05) is 0 Å². The third kappa shape index (κ3) is 2.72. The zero-order valence-electron chi connectivity index (χ0n) is 8.28. The van der Waals surface area contributed by atoms with Crippen LogP contribution in [-0.2, 0) is 0 Å². The predicted molar refractivity (Wildman–Crippen MR) is 47.8 cm³/mol. The number of rotatable bonds is 0. The molecule has 0 bridgehead atoms. The lowest BCUT2D eigenvalue weighted by molar-refractivity contribution is 0.146. The van der Waals surface area contributed by atoms with E-state index in [1.165, 1.54) is 0 Å². The van der Waals surface area contributed by atoms with Gasteiger partial charge < -0.3 is 0 Å². The summed E-state index contributed by atoms with van der Waals surface area (Å²) in [6.07, 6.45) is 0. The summed E-state index contributed by atoms with van der Waals surface area (Å²) in [6, 6.07) is 0. The molecule has 0 N–H and O–H groups in total. The lowest BCUT2D eigenvalue weighted by atomic mass is 9.68. The van der Waals surface area contributed by atoms with Gasteiger partial charge in [0.1, 0.15) is 0 Å². The second-order valence-corrected chi connectivity index (χ2v) is 5.28. The molecular formula is C10H21. The molecule has 0 aliphatic carbocycles. The van der Waals surface area contributed by atoms with Crippen molar-refractivity contribution in [3.63, 3.8) is 0 Å². The zero-order valence-corrected chi connectivity index (χ0v) is 8.28. The minimum Gasteiger partial charge on any atom is -0.0599 e. The largest absolute Gasteiger partial charge is 0.0599 e. The van der Waals surface area contributed by atoms with E-state index in [2.05, 4.69) is 48.5 Å². The van der Waals surface area contributed by atoms with E-state index < -0.39 is 0 Å². The van der Waals surface area contributed by atoms with Crippen LogP contribution in [0.2, 0.25) is 0 Å². The Bertz CT molecular complexity index is 84.2. The monoisotopic (exact) mass is 141 g/mol. The van der Waals surface area contributed by atoms with E-state index in [4.69, 9.17) is 0 Å². The van der Waals surface area contributed by atoms with E-state index in [-0.39, 0.29) is 0 Å². The summed E-state index contributed by atoms with van der Waals surface area (Å²) < 4.78 is 0. The van der Waals surface area contributed by atoms with Crippen molar-refractivity contribution in [2.75, 3.05) is 0 Å². The quantitative estimate of drug-likeness (QED) is 0.484. The highest BCUT2D eigenvalue weighted by atomic mass is 14.4. The summed E-state index contributed by atoms with van der Waals surface area (Å²) >= 11 is 0. The highest BCUT2D eigenvalue weighted by Crippen LogP contribution is 2.38. The van der Waals surface area contributed by atoms with Gasteiger partial charge in [0.2, 0.25) is 0 Å². The molecule has 0 aliphatic rings. The van der Waals surface area contributed by atoms with Crippen molar-refractivity contribution in [2.45, 2.75) is 41.5 Å². The second-order valence-electron chi connectivity index (χ2n) is 5.28. The SMILES string of the molecule is [CH2]C(C(C)(C)C)C(C)(C)C. The number of hydrogen-bond donors (Lipinski definition) is 0. The highest BCUT2D eigenvalue weighted by molar-refractivity contribution is 4.85. The van der Waals surface area contributed by atoms with Crippen molar-refractivity contribution in [1.29, 1.82) is 0 Å². The van der Waals surface area contributed by atoms with Crippen LogP contribution in [0.3, 0.4) is 0 Å². The average Bonchev–Trinajstić information content (AvgIpc) is 1.59. The molecule has 0 aliphatic heterocycles. The molecule has 10 heavy (non-hydrogen) atoms. The molecule has 0 fully saturated rings. The molecule has 0 aromatic carbocycles. The second kappa shape index (κ2) is 2.56. The molecule has 0 amide bonds. The molecule has 61 valence electrons. The van der Waals surface area contributed by atoms with Gasteiger partial charge in [-0.15, -0.1) is 0 Å². The molecule has 0 nitrogen and oxygen atoms in total. The van der Waals surface area contributed by atoms with Crippen LogP contribution in [-0.4, -0.2) is 0 Å². The molecule has 0 heterocycles. The van der Waals surface area contributed by atoms with E-state index in [9.17, 15) is 0 Å². The summed E-state index contributed by atoms with van der Waals surface area (Å²) in [5, 5.41) is 0. The standard InChI is InChI=1S/C10H21/c1-8(9(2,3)4)10(5,6)7/h8H,1H2,2-7H3. The summed E-state index contributed by atoms with van der Waals surface area (Å²) in [5.41, 5.74) is 0.663. The molecule has 0 heteroatoms. The summed E-state index contributed by atoms with van der Waals surface area (Å²) in [4.78, 5) is 0. The zero-order chi connectivity index (χ0) is 8.58. The molecule has 0 rings (SSSR count). The van der Waals surface area contributed by atoms with Crippen LogP contribution in [0.1, 0.15) is 41.5 Å². The van der Waals surface area contributed by atoms with Crippen LogP contribution in [0.15, 0.2) is 0 Å². The van der Waals surface area contributed by atoms with Crippen molar-refractivity contribution in [3.05, 3.63) is 6.92 Å². The Morgan fingerprint density at radius 3 is 1.00 bits per heavy atom. The fourth-order valence-corrected chi connectivity index (χ4v) is 1.30. The fourth-order valence-electron chi connectivity index (χ4n) is 1.30. The first-order valence-corrected chi connectivity index (χ1v) is 3.99. The van der Waals surface area contributed by atoms with Crippen molar-refractivity contribution in [2.24, 2.45) is 16.7 Å². The molecule has 0 saturated heterocycles. The molecule has 0 aromatic heterocycles.